The van der Waals surface area contributed by atoms with Crippen LogP contribution in [0, 0.1) is 17.5 Å². The Kier molecular flexibility index (Phi) is 4.05. The fourth-order valence-corrected chi connectivity index (χ4v) is 3.56. The number of likely N-dealkylation sites (tertiary alicyclic amines) is 1. The summed E-state index contributed by atoms with van der Waals surface area (Å²) in [4.78, 5) is 26.4. The van der Waals surface area contributed by atoms with Crippen molar-refractivity contribution in [2.75, 3.05) is 18.4 Å². The molecular formula is C19H16F3N3O2. The quantitative estimate of drug-likeness (QED) is 0.806. The molecule has 2 aromatic carbocycles. The molecule has 0 aliphatic carbocycles. The van der Waals surface area contributed by atoms with E-state index in [1.807, 2.05) is 0 Å². The van der Waals surface area contributed by atoms with Crippen LogP contribution in [0.25, 0.3) is 0 Å². The number of hydrogen-bond acceptors (Lipinski definition) is 3. The Hall–Kier alpha value is -3.03. The Balaban J connectivity index is 1.51. The van der Waals surface area contributed by atoms with Crippen LogP contribution in [-0.2, 0) is 0 Å². The summed E-state index contributed by atoms with van der Waals surface area (Å²) >= 11 is 0. The fraction of sp³-hybridized carbons (Fsp3) is 0.263. The van der Waals surface area contributed by atoms with E-state index in [0.29, 0.717) is 25.9 Å². The van der Waals surface area contributed by atoms with Crippen LogP contribution in [0.15, 0.2) is 36.4 Å². The predicted molar refractivity (Wildman–Crippen MR) is 91.7 cm³/mol. The van der Waals surface area contributed by atoms with E-state index < -0.39 is 29.0 Å². The molecular weight excluding hydrogens is 359 g/mol. The minimum absolute atomic E-state index is 0.0396. The predicted octanol–water partition coefficient (Wildman–Crippen LogP) is 2.89. The minimum atomic E-state index is -1.09. The second-order valence-electron chi connectivity index (χ2n) is 6.78. The average molecular weight is 375 g/mol. The number of hydrogen-bond donors (Lipinski definition) is 2. The van der Waals surface area contributed by atoms with Gasteiger partial charge in [-0.3, -0.25) is 9.59 Å². The van der Waals surface area contributed by atoms with Crippen molar-refractivity contribution in [1.82, 2.24) is 10.2 Å². The van der Waals surface area contributed by atoms with Crippen LogP contribution in [0.3, 0.4) is 0 Å². The summed E-state index contributed by atoms with van der Waals surface area (Å²) in [6.45, 7) is 0.642. The van der Waals surface area contributed by atoms with E-state index in [9.17, 15) is 22.8 Å². The van der Waals surface area contributed by atoms with Gasteiger partial charge in [0.25, 0.3) is 11.8 Å². The molecule has 2 aliphatic heterocycles. The van der Waals surface area contributed by atoms with E-state index in [1.54, 1.807) is 11.0 Å². The van der Waals surface area contributed by atoms with Gasteiger partial charge in [-0.05, 0) is 24.3 Å². The van der Waals surface area contributed by atoms with Gasteiger partial charge < -0.3 is 15.5 Å². The van der Waals surface area contributed by atoms with Crippen molar-refractivity contribution in [2.24, 2.45) is 0 Å². The summed E-state index contributed by atoms with van der Waals surface area (Å²) < 4.78 is 40.3. The molecule has 1 saturated heterocycles. The third-order valence-corrected chi connectivity index (χ3v) is 5.01. The number of rotatable bonds is 1. The molecule has 0 bridgehead atoms. The van der Waals surface area contributed by atoms with Crippen molar-refractivity contribution in [3.63, 3.8) is 0 Å². The van der Waals surface area contributed by atoms with Gasteiger partial charge in [0, 0.05) is 37.6 Å². The molecule has 4 rings (SSSR count). The van der Waals surface area contributed by atoms with Crippen LogP contribution in [0.5, 0.6) is 0 Å². The van der Waals surface area contributed by atoms with E-state index in [-0.39, 0.29) is 22.7 Å². The van der Waals surface area contributed by atoms with Crippen LogP contribution in [0.4, 0.5) is 18.9 Å². The lowest BCUT2D eigenvalue weighted by molar-refractivity contribution is 0.0639. The first-order valence-electron chi connectivity index (χ1n) is 8.51. The normalized spacial score (nSPS) is 17.9. The maximum absolute atomic E-state index is 13.5. The second kappa shape index (κ2) is 6.29. The number of benzene rings is 2. The molecule has 0 atom stereocenters. The first-order valence-corrected chi connectivity index (χ1v) is 8.51. The highest BCUT2D eigenvalue weighted by atomic mass is 19.2. The van der Waals surface area contributed by atoms with Gasteiger partial charge >= 0.3 is 0 Å². The largest absolute Gasteiger partial charge is 0.362 e. The molecule has 0 radical (unpaired) electrons. The lowest BCUT2D eigenvalue weighted by Crippen LogP contribution is -2.62. The summed E-state index contributed by atoms with van der Waals surface area (Å²) in [6, 6.07) is 7.30. The molecule has 0 aromatic heterocycles. The Morgan fingerprint density at radius 2 is 1.70 bits per heavy atom. The standard InChI is InChI=1S/C19H16F3N3O2/c20-12-3-1-2-11(8-12)18(27)25-6-4-19(5-7-25)23-16-10-15(22)14(21)9-13(16)17(26)24-19/h1-3,8-10,23H,4-7H2,(H,24,26). The maximum Gasteiger partial charge on any atom is 0.255 e. The minimum Gasteiger partial charge on any atom is -0.362 e. The Morgan fingerprint density at radius 1 is 1.00 bits per heavy atom. The van der Waals surface area contributed by atoms with Crippen LogP contribution in [-0.4, -0.2) is 35.5 Å². The van der Waals surface area contributed by atoms with E-state index in [2.05, 4.69) is 10.6 Å². The van der Waals surface area contributed by atoms with Crippen LogP contribution >= 0.6 is 0 Å². The second-order valence-corrected chi connectivity index (χ2v) is 6.78. The van der Waals surface area contributed by atoms with Crippen molar-refractivity contribution in [3.05, 3.63) is 65.0 Å². The molecule has 2 heterocycles. The van der Waals surface area contributed by atoms with Crippen LogP contribution < -0.4 is 10.6 Å². The summed E-state index contributed by atoms with van der Waals surface area (Å²) in [5.41, 5.74) is -0.317. The average Bonchev–Trinajstić information content (AvgIpc) is 2.64. The molecule has 2 amide bonds. The summed E-state index contributed by atoms with van der Waals surface area (Å²) in [5, 5.41) is 5.89. The summed E-state index contributed by atoms with van der Waals surface area (Å²) in [7, 11) is 0. The van der Waals surface area contributed by atoms with Crippen LogP contribution in [0.1, 0.15) is 33.6 Å². The molecule has 2 aliphatic rings. The Bertz CT molecular complexity index is 940. The van der Waals surface area contributed by atoms with Crippen molar-refractivity contribution >= 4 is 17.5 Å². The number of nitrogens with one attached hydrogen (secondary N) is 2. The smallest absolute Gasteiger partial charge is 0.255 e. The number of piperidine rings is 1. The molecule has 0 saturated carbocycles. The first kappa shape index (κ1) is 17.4. The molecule has 5 nitrogen and oxygen atoms in total. The topological polar surface area (TPSA) is 61.4 Å². The molecule has 2 aromatic rings. The van der Waals surface area contributed by atoms with Gasteiger partial charge in [0.15, 0.2) is 11.6 Å². The van der Waals surface area contributed by atoms with Gasteiger partial charge in [-0.15, -0.1) is 0 Å². The number of nitrogens with zero attached hydrogens (tertiary/aromatic N) is 1. The zero-order chi connectivity index (χ0) is 19.2. The van der Waals surface area contributed by atoms with Gasteiger partial charge in [0.05, 0.1) is 11.3 Å². The van der Waals surface area contributed by atoms with Gasteiger partial charge in [0.1, 0.15) is 11.5 Å². The SMILES string of the molecule is O=C1NC2(CCN(C(=O)c3cccc(F)c3)CC2)Nc2cc(F)c(F)cc21. The number of halogens is 3. The van der Waals surface area contributed by atoms with Crippen molar-refractivity contribution in [1.29, 1.82) is 0 Å². The highest BCUT2D eigenvalue weighted by Gasteiger charge is 2.41. The highest BCUT2D eigenvalue weighted by molar-refractivity contribution is 6.02. The molecule has 8 heteroatoms. The lowest BCUT2D eigenvalue weighted by Gasteiger charge is -2.45. The Labute approximate surface area is 153 Å². The van der Waals surface area contributed by atoms with Crippen molar-refractivity contribution in [3.8, 4) is 0 Å². The third-order valence-electron chi connectivity index (χ3n) is 5.01. The maximum atomic E-state index is 13.5. The van der Waals surface area contributed by atoms with Crippen molar-refractivity contribution < 1.29 is 22.8 Å². The molecule has 140 valence electrons. The zero-order valence-electron chi connectivity index (χ0n) is 14.2. The first-order chi connectivity index (χ1) is 12.9. The van der Waals surface area contributed by atoms with E-state index in [4.69, 9.17) is 0 Å². The van der Waals surface area contributed by atoms with E-state index in [0.717, 1.165) is 12.1 Å². The summed E-state index contributed by atoms with van der Waals surface area (Å²) in [5.74, 6) is -3.39. The lowest BCUT2D eigenvalue weighted by atomic mass is 9.92. The number of carbonyl (C=O) groups is 2. The third kappa shape index (κ3) is 3.11. The number of amides is 2. The number of carbonyl (C=O) groups excluding carboxylic acids is 2. The Morgan fingerprint density at radius 3 is 2.41 bits per heavy atom. The summed E-state index contributed by atoms with van der Waals surface area (Å²) in [6.07, 6.45) is 0.746. The zero-order valence-corrected chi connectivity index (χ0v) is 14.2. The van der Waals surface area contributed by atoms with Crippen molar-refractivity contribution in [2.45, 2.75) is 18.5 Å². The molecule has 0 unspecified atom stereocenters. The fourth-order valence-electron chi connectivity index (χ4n) is 3.56. The molecule has 27 heavy (non-hydrogen) atoms. The monoisotopic (exact) mass is 375 g/mol. The highest BCUT2D eigenvalue weighted by Crippen LogP contribution is 2.33. The van der Waals surface area contributed by atoms with Gasteiger partial charge in [-0.25, -0.2) is 13.2 Å². The molecule has 1 spiro atoms. The van der Waals surface area contributed by atoms with Gasteiger partial charge in [-0.1, -0.05) is 6.07 Å². The van der Waals surface area contributed by atoms with Crippen LogP contribution in [0.2, 0.25) is 0 Å². The molecule has 2 N–H and O–H groups in total. The van der Waals surface area contributed by atoms with Gasteiger partial charge in [-0.2, -0.15) is 0 Å². The number of anilines is 1. The van der Waals surface area contributed by atoms with E-state index >= 15 is 0 Å². The molecule has 1 fully saturated rings. The van der Waals surface area contributed by atoms with Gasteiger partial charge in [0.2, 0.25) is 0 Å². The number of fused-ring (bicyclic) bond motifs is 1. The van der Waals surface area contributed by atoms with E-state index in [1.165, 1.54) is 18.2 Å².